The Bertz CT molecular complexity index is 728. The van der Waals surface area contributed by atoms with Gasteiger partial charge < -0.3 is 9.84 Å². The van der Waals surface area contributed by atoms with E-state index in [0.717, 1.165) is 11.8 Å². The molecule has 0 amide bonds. The molecule has 0 radical (unpaired) electrons. The lowest BCUT2D eigenvalue weighted by Gasteiger charge is -2.40. The molecule has 1 saturated heterocycles. The number of rotatable bonds is 6. The van der Waals surface area contributed by atoms with Crippen molar-refractivity contribution in [1.29, 1.82) is 0 Å². The van der Waals surface area contributed by atoms with Crippen molar-refractivity contribution in [1.82, 2.24) is 4.90 Å². The van der Waals surface area contributed by atoms with Gasteiger partial charge in [0, 0.05) is 24.5 Å². The van der Waals surface area contributed by atoms with E-state index in [4.69, 9.17) is 16.3 Å². The van der Waals surface area contributed by atoms with E-state index in [1.54, 1.807) is 36.4 Å². The maximum absolute atomic E-state index is 13.0. The molecule has 26 heavy (non-hydrogen) atoms. The number of nitrogens with zero attached hydrogens (tertiary/aromatic N) is 1. The highest BCUT2D eigenvalue weighted by atomic mass is 35.5. The number of hydrogen-bond donors (Lipinski definition) is 1. The van der Waals surface area contributed by atoms with E-state index in [2.05, 4.69) is 0 Å². The molecule has 0 spiro atoms. The highest BCUT2D eigenvalue weighted by Gasteiger charge is 2.35. The summed E-state index contributed by atoms with van der Waals surface area (Å²) >= 11 is 5.85. The molecule has 2 aromatic rings. The first-order chi connectivity index (χ1) is 12.5. The maximum atomic E-state index is 13.0. The van der Waals surface area contributed by atoms with E-state index in [-0.39, 0.29) is 5.82 Å². The molecule has 0 bridgehead atoms. The van der Waals surface area contributed by atoms with Gasteiger partial charge in [-0.1, -0.05) is 23.7 Å². The number of likely N-dealkylation sites (tertiary alicyclic amines) is 1. The first-order valence-electron chi connectivity index (χ1n) is 8.56. The second-order valence-corrected chi connectivity index (χ2v) is 7.10. The summed E-state index contributed by atoms with van der Waals surface area (Å²) in [5.41, 5.74) is 0.0360. The molecule has 1 unspecified atom stereocenters. The minimum atomic E-state index is -0.859. The van der Waals surface area contributed by atoms with Gasteiger partial charge in [-0.15, -0.1) is 0 Å². The van der Waals surface area contributed by atoms with Crippen molar-refractivity contribution in [2.75, 3.05) is 13.1 Å². The molecule has 1 fully saturated rings. The van der Waals surface area contributed by atoms with Crippen LogP contribution in [0.2, 0.25) is 5.02 Å². The number of aldehydes is 1. The summed E-state index contributed by atoms with van der Waals surface area (Å²) in [7, 11) is 0. The number of ether oxygens (including phenoxy) is 1. The first kappa shape index (κ1) is 18.8. The number of carbonyl (C=O) groups excluding carboxylic acids is 1. The molecule has 0 aromatic heterocycles. The van der Waals surface area contributed by atoms with Crippen LogP contribution in [0.5, 0.6) is 5.75 Å². The van der Waals surface area contributed by atoms with Gasteiger partial charge >= 0.3 is 0 Å². The molecule has 1 aliphatic heterocycles. The molecule has 3 rings (SSSR count). The highest BCUT2D eigenvalue weighted by Crippen LogP contribution is 2.28. The normalized spacial score (nSPS) is 18.3. The van der Waals surface area contributed by atoms with Crippen LogP contribution in [-0.4, -0.2) is 41.2 Å². The van der Waals surface area contributed by atoms with E-state index < -0.39 is 11.8 Å². The summed E-state index contributed by atoms with van der Waals surface area (Å²) in [6, 6.07) is 13.0. The van der Waals surface area contributed by atoms with Gasteiger partial charge in [-0.25, -0.2) is 4.39 Å². The smallest absolute Gasteiger partial charge is 0.209 e. The van der Waals surface area contributed by atoms with E-state index in [1.165, 1.54) is 12.1 Å². The van der Waals surface area contributed by atoms with Gasteiger partial charge in [0.15, 0.2) is 6.29 Å². The number of aliphatic hydroxyl groups is 1. The van der Waals surface area contributed by atoms with Crippen molar-refractivity contribution in [2.45, 2.75) is 31.1 Å². The maximum Gasteiger partial charge on any atom is 0.209 e. The standard InChI is InChI=1S/C20H21ClFNO3/c21-16-3-7-18(8-4-16)26-19(14-24)23-11-9-20(25,10-12-23)13-15-1-5-17(22)6-2-15/h1-8,14,19,25H,9-13H2. The molecule has 2 aromatic carbocycles. The summed E-state index contributed by atoms with van der Waals surface area (Å²) in [6.45, 7) is 1.07. The largest absolute Gasteiger partial charge is 0.468 e. The number of halogens is 2. The third-order valence-corrected chi connectivity index (χ3v) is 4.97. The topological polar surface area (TPSA) is 49.8 Å². The zero-order valence-corrected chi connectivity index (χ0v) is 15.0. The van der Waals surface area contributed by atoms with Gasteiger partial charge in [0.2, 0.25) is 6.23 Å². The van der Waals surface area contributed by atoms with Crippen LogP contribution >= 0.6 is 11.6 Å². The summed E-state index contributed by atoms with van der Waals surface area (Å²) in [6.07, 6.45) is 1.55. The molecule has 6 heteroatoms. The second kappa shape index (κ2) is 8.16. The molecule has 138 valence electrons. The van der Waals surface area contributed by atoms with Crippen LogP contribution in [0.1, 0.15) is 18.4 Å². The fourth-order valence-electron chi connectivity index (χ4n) is 3.19. The summed E-state index contributed by atoms with van der Waals surface area (Å²) in [5.74, 6) is 0.280. The van der Waals surface area contributed by atoms with Crippen LogP contribution in [0, 0.1) is 5.82 Å². The Labute approximate surface area is 157 Å². The summed E-state index contributed by atoms with van der Waals surface area (Å²) < 4.78 is 18.8. The molecule has 1 heterocycles. The zero-order chi connectivity index (χ0) is 18.6. The lowest BCUT2D eigenvalue weighted by Crippen LogP contribution is -2.51. The number of piperidine rings is 1. The van der Waals surface area contributed by atoms with Crippen LogP contribution in [-0.2, 0) is 11.2 Å². The highest BCUT2D eigenvalue weighted by molar-refractivity contribution is 6.30. The fraction of sp³-hybridized carbons (Fsp3) is 0.350. The van der Waals surface area contributed by atoms with E-state index in [1.807, 2.05) is 4.90 Å². The second-order valence-electron chi connectivity index (χ2n) is 6.66. The third-order valence-electron chi connectivity index (χ3n) is 4.72. The molecule has 0 aliphatic carbocycles. The molecule has 1 aliphatic rings. The molecule has 1 atom stereocenters. The van der Waals surface area contributed by atoms with E-state index in [0.29, 0.717) is 43.1 Å². The molecular weight excluding hydrogens is 357 g/mol. The molecule has 4 nitrogen and oxygen atoms in total. The van der Waals surface area contributed by atoms with Crippen LogP contribution < -0.4 is 4.74 Å². The van der Waals surface area contributed by atoms with Crippen LogP contribution in [0.15, 0.2) is 48.5 Å². The Morgan fingerprint density at radius 2 is 1.77 bits per heavy atom. The quantitative estimate of drug-likeness (QED) is 0.783. The first-order valence-corrected chi connectivity index (χ1v) is 8.94. The Morgan fingerprint density at radius 1 is 1.15 bits per heavy atom. The van der Waals surface area contributed by atoms with Crippen molar-refractivity contribution in [3.05, 3.63) is 64.9 Å². The summed E-state index contributed by atoms with van der Waals surface area (Å²) in [4.78, 5) is 13.4. The van der Waals surface area contributed by atoms with E-state index >= 15 is 0 Å². The Hall–Kier alpha value is -1.95. The third kappa shape index (κ3) is 4.81. The minimum absolute atomic E-state index is 0.288. The lowest BCUT2D eigenvalue weighted by atomic mass is 9.85. The average Bonchev–Trinajstić information content (AvgIpc) is 2.64. The Balaban J connectivity index is 1.58. The van der Waals surface area contributed by atoms with Crippen molar-refractivity contribution in [3.63, 3.8) is 0 Å². The van der Waals surface area contributed by atoms with Crippen LogP contribution in [0.25, 0.3) is 0 Å². The lowest BCUT2D eigenvalue weighted by molar-refractivity contribution is -0.126. The zero-order valence-electron chi connectivity index (χ0n) is 14.3. The van der Waals surface area contributed by atoms with Gasteiger partial charge in [-0.2, -0.15) is 0 Å². The number of carbonyl (C=O) groups is 1. The van der Waals surface area contributed by atoms with Crippen molar-refractivity contribution < 1.29 is 19.0 Å². The van der Waals surface area contributed by atoms with Gasteiger partial charge in [-0.05, 0) is 54.8 Å². The Morgan fingerprint density at radius 3 is 2.35 bits per heavy atom. The molecular formula is C20H21ClFNO3. The van der Waals surface area contributed by atoms with Gasteiger partial charge in [0.05, 0.1) is 5.60 Å². The number of benzene rings is 2. The molecule has 0 saturated carbocycles. The van der Waals surface area contributed by atoms with Gasteiger partial charge in [-0.3, -0.25) is 9.69 Å². The van der Waals surface area contributed by atoms with Gasteiger partial charge in [0.1, 0.15) is 11.6 Å². The van der Waals surface area contributed by atoms with Crippen LogP contribution in [0.3, 0.4) is 0 Å². The fourth-order valence-corrected chi connectivity index (χ4v) is 3.32. The Kier molecular flexibility index (Phi) is 5.91. The average molecular weight is 378 g/mol. The van der Waals surface area contributed by atoms with Crippen LogP contribution in [0.4, 0.5) is 4.39 Å². The summed E-state index contributed by atoms with van der Waals surface area (Å²) in [5, 5.41) is 11.4. The monoisotopic (exact) mass is 377 g/mol. The van der Waals surface area contributed by atoms with E-state index in [9.17, 15) is 14.3 Å². The predicted molar refractivity (Wildman–Crippen MR) is 97.8 cm³/mol. The van der Waals surface area contributed by atoms with Gasteiger partial charge in [0.25, 0.3) is 0 Å². The minimum Gasteiger partial charge on any atom is -0.468 e. The van der Waals surface area contributed by atoms with Crippen molar-refractivity contribution in [3.8, 4) is 5.75 Å². The molecule has 1 N–H and O–H groups in total. The van der Waals surface area contributed by atoms with Crippen molar-refractivity contribution >= 4 is 17.9 Å². The number of hydrogen-bond acceptors (Lipinski definition) is 4. The SMILES string of the molecule is O=CC(Oc1ccc(Cl)cc1)N1CCC(O)(Cc2ccc(F)cc2)CC1. The predicted octanol–water partition coefficient (Wildman–Crippen LogP) is 3.45. The van der Waals surface area contributed by atoms with Crippen molar-refractivity contribution in [2.24, 2.45) is 0 Å².